The van der Waals surface area contributed by atoms with Crippen LogP contribution in [0.2, 0.25) is 0 Å². The molecule has 4 atom stereocenters. The highest BCUT2D eigenvalue weighted by atomic mass is 19.4. The molecule has 2 amide bonds. The number of benzene rings is 2. The summed E-state index contributed by atoms with van der Waals surface area (Å²) in [4.78, 5) is 34.4. The summed E-state index contributed by atoms with van der Waals surface area (Å²) in [7, 11) is 0. The number of ether oxygens (including phenoxy) is 1. The fraction of sp³-hybridized carbons (Fsp3) is 0.588. The number of halogens is 8. The van der Waals surface area contributed by atoms with Crippen LogP contribution in [0.15, 0.2) is 36.4 Å². The third-order valence-electron chi connectivity index (χ3n) is 10.4. The lowest BCUT2D eigenvalue weighted by atomic mass is 9.90. The molecule has 4 aliphatic rings. The second-order valence-corrected chi connectivity index (χ2v) is 13.4. The normalized spacial score (nSPS) is 26.0. The molecular formula is C34H38F8N4O3. The summed E-state index contributed by atoms with van der Waals surface area (Å²) in [5.41, 5.74) is -3.57. The van der Waals surface area contributed by atoms with Crippen molar-refractivity contribution >= 4 is 11.8 Å². The number of rotatable bonds is 6. The van der Waals surface area contributed by atoms with Gasteiger partial charge in [0, 0.05) is 76.1 Å². The van der Waals surface area contributed by atoms with Crippen LogP contribution >= 0.6 is 0 Å². The fourth-order valence-electron chi connectivity index (χ4n) is 7.70. The van der Waals surface area contributed by atoms with Crippen molar-refractivity contribution in [1.82, 2.24) is 19.6 Å². The van der Waals surface area contributed by atoms with Gasteiger partial charge in [-0.05, 0) is 68.0 Å². The molecule has 4 aliphatic heterocycles. The van der Waals surface area contributed by atoms with E-state index in [0.29, 0.717) is 69.9 Å². The maximum absolute atomic E-state index is 14.1. The van der Waals surface area contributed by atoms with E-state index in [9.17, 15) is 44.7 Å². The first-order valence-electron chi connectivity index (χ1n) is 16.6. The van der Waals surface area contributed by atoms with Crippen LogP contribution in [-0.2, 0) is 28.3 Å². The predicted octanol–water partition coefficient (Wildman–Crippen LogP) is 5.47. The van der Waals surface area contributed by atoms with E-state index < -0.39 is 52.6 Å². The van der Waals surface area contributed by atoms with Crippen molar-refractivity contribution in [3.63, 3.8) is 0 Å². The number of hydrogen-bond acceptors (Lipinski definition) is 5. The van der Waals surface area contributed by atoms with Crippen LogP contribution in [0.5, 0.6) is 0 Å². The van der Waals surface area contributed by atoms with Crippen LogP contribution < -0.4 is 0 Å². The second kappa shape index (κ2) is 14.1. The molecule has 0 N–H and O–H groups in total. The number of carbonyl (C=O) groups is 2. The van der Waals surface area contributed by atoms with E-state index in [4.69, 9.17) is 4.74 Å². The first-order valence-corrected chi connectivity index (χ1v) is 16.6. The van der Waals surface area contributed by atoms with E-state index in [1.54, 1.807) is 0 Å². The zero-order chi connectivity index (χ0) is 35.1. The number of hydrogen-bond donors (Lipinski definition) is 0. The van der Waals surface area contributed by atoms with Crippen LogP contribution in [0.25, 0.3) is 0 Å². The SMILES string of the molecule is O=C(C1CCOC1)N1CC[C@@H](N2CCN([C@@H]3CCN(C(=O)c4cc(C(F)(F)F)cc(C(F)(F)F)c4)[C@H](Cc4ccc(F)c(F)c4)C3)CC2)C1. The number of alkyl halides is 6. The Morgan fingerprint density at radius 1 is 0.755 bits per heavy atom. The van der Waals surface area contributed by atoms with E-state index in [0.717, 1.165) is 38.1 Å². The summed E-state index contributed by atoms with van der Waals surface area (Å²) >= 11 is 0. The lowest BCUT2D eigenvalue weighted by molar-refractivity contribution is -0.143. The predicted molar refractivity (Wildman–Crippen MR) is 161 cm³/mol. The quantitative estimate of drug-likeness (QED) is 0.374. The van der Waals surface area contributed by atoms with Gasteiger partial charge in [-0.15, -0.1) is 0 Å². The molecule has 0 spiro atoms. The Morgan fingerprint density at radius 3 is 1.98 bits per heavy atom. The number of carbonyl (C=O) groups excluding carboxylic acids is 2. The van der Waals surface area contributed by atoms with Gasteiger partial charge in [0.15, 0.2) is 11.6 Å². The summed E-state index contributed by atoms with van der Waals surface area (Å²) in [5, 5.41) is 0. The first kappa shape index (κ1) is 35.5. The molecule has 2 aromatic rings. The van der Waals surface area contributed by atoms with E-state index in [-0.39, 0.29) is 42.9 Å². The number of piperazine rings is 1. The molecule has 6 rings (SSSR count). The summed E-state index contributed by atoms with van der Waals surface area (Å²) in [6, 6.07) is 3.60. The van der Waals surface area contributed by atoms with Crippen molar-refractivity contribution in [2.75, 3.05) is 59.0 Å². The highest BCUT2D eigenvalue weighted by molar-refractivity contribution is 5.95. The van der Waals surface area contributed by atoms with E-state index in [1.807, 2.05) is 4.90 Å². The highest BCUT2D eigenvalue weighted by Gasteiger charge is 2.41. The minimum Gasteiger partial charge on any atom is -0.381 e. The molecule has 7 nitrogen and oxygen atoms in total. The van der Waals surface area contributed by atoms with Gasteiger partial charge in [-0.25, -0.2) is 8.78 Å². The molecule has 268 valence electrons. The zero-order valence-electron chi connectivity index (χ0n) is 26.7. The van der Waals surface area contributed by atoms with Gasteiger partial charge in [-0.1, -0.05) is 6.07 Å². The Hall–Kier alpha value is -3.30. The molecule has 0 aromatic heterocycles. The fourth-order valence-corrected chi connectivity index (χ4v) is 7.70. The third kappa shape index (κ3) is 8.04. The van der Waals surface area contributed by atoms with E-state index in [1.165, 1.54) is 11.0 Å². The molecule has 4 saturated heterocycles. The molecule has 1 unspecified atom stereocenters. The van der Waals surface area contributed by atoms with Crippen molar-refractivity contribution in [2.45, 2.75) is 62.6 Å². The average Bonchev–Trinajstić information content (AvgIpc) is 3.79. The molecule has 4 heterocycles. The first-order chi connectivity index (χ1) is 23.2. The Kier molecular flexibility index (Phi) is 10.3. The Bertz CT molecular complexity index is 1490. The molecule has 0 aliphatic carbocycles. The molecular weight excluding hydrogens is 664 g/mol. The second-order valence-electron chi connectivity index (χ2n) is 13.4. The Morgan fingerprint density at radius 2 is 1.39 bits per heavy atom. The van der Waals surface area contributed by atoms with E-state index in [2.05, 4.69) is 9.80 Å². The maximum Gasteiger partial charge on any atom is 0.416 e. The summed E-state index contributed by atoms with van der Waals surface area (Å²) in [5.74, 6) is -3.09. The Labute approximate surface area is 278 Å². The lowest BCUT2D eigenvalue weighted by Gasteiger charge is -2.47. The van der Waals surface area contributed by atoms with Crippen molar-refractivity contribution in [1.29, 1.82) is 0 Å². The molecule has 0 saturated carbocycles. The monoisotopic (exact) mass is 702 g/mol. The maximum atomic E-state index is 14.1. The number of piperidine rings is 1. The lowest BCUT2D eigenvalue weighted by Crippen LogP contribution is -2.58. The topological polar surface area (TPSA) is 56.3 Å². The van der Waals surface area contributed by atoms with E-state index >= 15 is 0 Å². The number of nitrogens with zero attached hydrogens (tertiary/aromatic N) is 4. The molecule has 15 heteroatoms. The summed E-state index contributed by atoms with van der Waals surface area (Å²) < 4.78 is 115. The smallest absolute Gasteiger partial charge is 0.381 e. The van der Waals surface area contributed by atoms with Gasteiger partial charge in [0.05, 0.1) is 23.7 Å². The molecule has 0 radical (unpaired) electrons. The number of amides is 2. The standard InChI is InChI=1S/C34H38F8N4O3/c35-29-2-1-21(14-30(29)36)13-28-18-26(4-7-46(28)32(48)23-15-24(33(37,38)39)17-25(16-23)34(40,41)42)43-8-10-44(11-9-43)27-3-6-45(19-27)31(47)22-5-12-49-20-22/h1-2,14-17,22,26-28H,3-13,18-20H2/t22?,26-,27-,28-/m1/s1. The molecule has 0 bridgehead atoms. The minimum absolute atomic E-state index is 0.0208. The van der Waals surface area contributed by atoms with Crippen LogP contribution in [0, 0.1) is 17.6 Å². The van der Waals surface area contributed by atoms with Crippen molar-refractivity contribution in [3.8, 4) is 0 Å². The van der Waals surface area contributed by atoms with Gasteiger partial charge in [0.2, 0.25) is 5.91 Å². The summed E-state index contributed by atoms with van der Waals surface area (Å²) in [6.07, 6.45) is -7.81. The van der Waals surface area contributed by atoms with Gasteiger partial charge in [0.1, 0.15) is 0 Å². The Balaban J connectivity index is 1.15. The molecule has 4 fully saturated rings. The van der Waals surface area contributed by atoms with Gasteiger partial charge < -0.3 is 14.5 Å². The van der Waals surface area contributed by atoms with Gasteiger partial charge in [-0.3, -0.25) is 19.4 Å². The largest absolute Gasteiger partial charge is 0.416 e. The number of likely N-dealkylation sites (tertiary alicyclic amines) is 2. The van der Waals surface area contributed by atoms with Gasteiger partial charge in [0.25, 0.3) is 5.91 Å². The van der Waals surface area contributed by atoms with Crippen molar-refractivity contribution in [2.24, 2.45) is 5.92 Å². The van der Waals surface area contributed by atoms with Gasteiger partial charge in [-0.2, -0.15) is 26.3 Å². The zero-order valence-corrected chi connectivity index (χ0v) is 26.7. The summed E-state index contributed by atoms with van der Waals surface area (Å²) in [6.45, 7) is 5.38. The molecule has 49 heavy (non-hydrogen) atoms. The van der Waals surface area contributed by atoms with Crippen LogP contribution in [-0.4, -0.2) is 109 Å². The minimum atomic E-state index is -5.12. The average molecular weight is 703 g/mol. The third-order valence-corrected chi connectivity index (χ3v) is 10.4. The van der Waals surface area contributed by atoms with Crippen LogP contribution in [0.1, 0.15) is 52.7 Å². The highest BCUT2D eigenvalue weighted by Crippen LogP contribution is 2.37. The van der Waals surface area contributed by atoms with Crippen molar-refractivity contribution in [3.05, 3.63) is 70.3 Å². The van der Waals surface area contributed by atoms with Gasteiger partial charge >= 0.3 is 12.4 Å². The molecule has 2 aromatic carbocycles. The van der Waals surface area contributed by atoms with Crippen molar-refractivity contribution < 1.29 is 49.4 Å². The van der Waals surface area contributed by atoms with Crippen LogP contribution in [0.4, 0.5) is 35.1 Å². The van der Waals surface area contributed by atoms with Crippen LogP contribution in [0.3, 0.4) is 0 Å².